The largest absolute Gasteiger partial charge is 0.504 e. The zero-order valence-corrected chi connectivity index (χ0v) is 13.3. The first-order valence-electron chi connectivity index (χ1n) is 8.12. The monoisotopic (exact) mass is 320 g/mol. The number of hydrogen-bond acceptors (Lipinski definition) is 4. The highest BCUT2D eigenvalue weighted by atomic mass is 16.3. The lowest BCUT2D eigenvalue weighted by atomic mass is 9.84. The van der Waals surface area contributed by atoms with Crippen LogP contribution in [0.1, 0.15) is 16.7 Å². The summed E-state index contributed by atoms with van der Waals surface area (Å²) < 4.78 is 0. The molecule has 1 heterocycles. The minimum absolute atomic E-state index is 0.0938. The molecule has 24 heavy (non-hydrogen) atoms. The predicted octanol–water partition coefficient (Wildman–Crippen LogP) is 2.75. The smallest absolute Gasteiger partial charge is 0.157 e. The van der Waals surface area contributed by atoms with E-state index in [2.05, 4.69) is 35.6 Å². The molecule has 0 saturated carbocycles. The molecule has 4 rings (SSSR count). The van der Waals surface area contributed by atoms with Crippen LogP contribution in [0.25, 0.3) is 10.8 Å². The summed E-state index contributed by atoms with van der Waals surface area (Å²) in [4.78, 5) is 0. The molecule has 5 N–H and O–H groups in total. The van der Waals surface area contributed by atoms with Crippen LogP contribution < -0.4 is 11.1 Å². The van der Waals surface area contributed by atoms with E-state index in [1.165, 1.54) is 10.8 Å². The number of rotatable bonds is 2. The summed E-state index contributed by atoms with van der Waals surface area (Å²) in [6, 6.07) is 17.8. The van der Waals surface area contributed by atoms with Gasteiger partial charge in [0.25, 0.3) is 0 Å². The number of phenols is 2. The van der Waals surface area contributed by atoms with E-state index in [1.54, 1.807) is 12.1 Å². The minimum atomic E-state index is -0.763. The number of hydrogen-bond donors (Lipinski definition) is 4. The van der Waals surface area contributed by atoms with Crippen molar-refractivity contribution >= 4 is 10.8 Å². The average molecular weight is 320 g/mol. The Labute approximate surface area is 140 Å². The molecule has 4 heteroatoms. The Bertz CT molecular complexity index is 923. The number of fused-ring (bicyclic) bond motifs is 2. The molecule has 1 unspecified atom stereocenters. The molecule has 0 bridgehead atoms. The third-order valence-corrected chi connectivity index (χ3v) is 4.81. The van der Waals surface area contributed by atoms with Crippen LogP contribution in [0, 0.1) is 0 Å². The molecule has 0 radical (unpaired) electrons. The first-order chi connectivity index (χ1) is 11.5. The van der Waals surface area contributed by atoms with Crippen molar-refractivity contribution in [3.05, 3.63) is 71.3 Å². The zero-order chi connectivity index (χ0) is 16.7. The van der Waals surface area contributed by atoms with Gasteiger partial charge in [-0.1, -0.05) is 42.5 Å². The van der Waals surface area contributed by atoms with Gasteiger partial charge in [-0.25, -0.2) is 0 Å². The number of nitrogens with two attached hydrogens (primary N) is 1. The van der Waals surface area contributed by atoms with Crippen LogP contribution >= 0.6 is 0 Å². The molecule has 0 aliphatic carbocycles. The molecule has 122 valence electrons. The molecule has 1 atom stereocenters. The Morgan fingerprint density at radius 2 is 1.71 bits per heavy atom. The fraction of sp³-hybridized carbons (Fsp3) is 0.200. The van der Waals surface area contributed by atoms with Gasteiger partial charge in [0.15, 0.2) is 11.5 Å². The molecule has 4 nitrogen and oxygen atoms in total. The van der Waals surface area contributed by atoms with Gasteiger partial charge in [0.1, 0.15) is 0 Å². The van der Waals surface area contributed by atoms with Gasteiger partial charge in [0, 0.05) is 13.0 Å². The van der Waals surface area contributed by atoms with Crippen molar-refractivity contribution in [3.8, 4) is 11.5 Å². The van der Waals surface area contributed by atoms with Crippen LogP contribution in [0.4, 0.5) is 0 Å². The maximum Gasteiger partial charge on any atom is 0.157 e. The number of phenolic OH excluding ortho intramolecular Hbond substituents is 2. The summed E-state index contributed by atoms with van der Waals surface area (Å²) in [5.74, 6) is -0.227. The Morgan fingerprint density at radius 1 is 0.958 bits per heavy atom. The Kier molecular flexibility index (Phi) is 3.44. The fourth-order valence-corrected chi connectivity index (χ4v) is 3.59. The van der Waals surface area contributed by atoms with Gasteiger partial charge in [-0.05, 0) is 46.0 Å². The van der Waals surface area contributed by atoms with Crippen molar-refractivity contribution in [2.45, 2.75) is 18.5 Å². The van der Waals surface area contributed by atoms with Crippen LogP contribution in [0.2, 0.25) is 0 Å². The van der Waals surface area contributed by atoms with Crippen LogP contribution in [0.3, 0.4) is 0 Å². The Balaban J connectivity index is 1.74. The highest BCUT2D eigenvalue weighted by Crippen LogP contribution is 2.36. The van der Waals surface area contributed by atoms with E-state index in [0.29, 0.717) is 6.42 Å². The normalized spacial score (nSPS) is 20.0. The number of benzene rings is 3. The van der Waals surface area contributed by atoms with E-state index in [9.17, 15) is 10.2 Å². The second-order valence-electron chi connectivity index (χ2n) is 6.50. The summed E-state index contributed by atoms with van der Waals surface area (Å²) in [6.07, 6.45) is 1.38. The minimum Gasteiger partial charge on any atom is -0.504 e. The quantitative estimate of drug-likeness (QED) is 0.548. The summed E-state index contributed by atoms with van der Waals surface area (Å²) in [5.41, 5.74) is 8.85. The van der Waals surface area contributed by atoms with Crippen molar-refractivity contribution in [1.29, 1.82) is 0 Å². The first-order valence-corrected chi connectivity index (χ1v) is 8.12. The fourth-order valence-electron chi connectivity index (χ4n) is 3.59. The van der Waals surface area contributed by atoms with Crippen molar-refractivity contribution in [2.24, 2.45) is 5.73 Å². The molecular weight excluding hydrogens is 300 g/mol. The Morgan fingerprint density at radius 3 is 2.54 bits per heavy atom. The van der Waals surface area contributed by atoms with E-state index in [-0.39, 0.29) is 11.5 Å². The molecule has 3 aromatic carbocycles. The molecule has 0 spiro atoms. The van der Waals surface area contributed by atoms with E-state index in [4.69, 9.17) is 5.73 Å². The van der Waals surface area contributed by atoms with E-state index >= 15 is 0 Å². The predicted molar refractivity (Wildman–Crippen MR) is 95.0 cm³/mol. The highest BCUT2D eigenvalue weighted by molar-refractivity contribution is 5.83. The summed E-state index contributed by atoms with van der Waals surface area (Å²) in [6.45, 7) is 0.737. The van der Waals surface area contributed by atoms with Crippen LogP contribution in [0.15, 0.2) is 54.6 Å². The highest BCUT2D eigenvalue weighted by Gasteiger charge is 2.33. The van der Waals surface area contributed by atoms with E-state index in [1.807, 2.05) is 12.1 Å². The first kappa shape index (κ1) is 15.0. The summed E-state index contributed by atoms with van der Waals surface area (Å²) >= 11 is 0. The lowest BCUT2D eigenvalue weighted by Crippen LogP contribution is -2.55. The Hall–Kier alpha value is -2.56. The van der Waals surface area contributed by atoms with Gasteiger partial charge >= 0.3 is 0 Å². The number of nitrogens with one attached hydrogen (secondary N) is 1. The third kappa shape index (κ3) is 2.50. The average Bonchev–Trinajstić information content (AvgIpc) is 2.57. The topological polar surface area (TPSA) is 78.5 Å². The second kappa shape index (κ2) is 5.51. The van der Waals surface area contributed by atoms with Crippen LogP contribution in [-0.2, 0) is 18.5 Å². The van der Waals surface area contributed by atoms with Crippen molar-refractivity contribution in [2.75, 3.05) is 6.54 Å². The van der Waals surface area contributed by atoms with Gasteiger partial charge in [0.2, 0.25) is 0 Å². The van der Waals surface area contributed by atoms with Gasteiger partial charge in [0.05, 0.1) is 5.66 Å². The molecule has 3 aromatic rings. The maximum absolute atomic E-state index is 9.88. The molecule has 0 amide bonds. The van der Waals surface area contributed by atoms with E-state index < -0.39 is 5.66 Å². The van der Waals surface area contributed by atoms with Crippen molar-refractivity contribution in [3.63, 3.8) is 0 Å². The maximum atomic E-state index is 9.88. The second-order valence-corrected chi connectivity index (χ2v) is 6.50. The van der Waals surface area contributed by atoms with Crippen LogP contribution in [-0.4, -0.2) is 16.8 Å². The molecule has 1 aliphatic heterocycles. The summed E-state index contributed by atoms with van der Waals surface area (Å²) in [7, 11) is 0. The molecule has 1 aliphatic rings. The van der Waals surface area contributed by atoms with Gasteiger partial charge in [-0.3, -0.25) is 5.32 Å². The number of aromatic hydroxyl groups is 2. The molecule has 0 aromatic heterocycles. The third-order valence-electron chi connectivity index (χ3n) is 4.81. The van der Waals surface area contributed by atoms with Gasteiger partial charge in [-0.2, -0.15) is 0 Å². The molecule has 0 fully saturated rings. The summed E-state index contributed by atoms with van der Waals surface area (Å²) in [5, 5.41) is 25.4. The van der Waals surface area contributed by atoms with E-state index in [0.717, 1.165) is 29.7 Å². The van der Waals surface area contributed by atoms with Gasteiger partial charge < -0.3 is 15.9 Å². The molecule has 0 saturated heterocycles. The van der Waals surface area contributed by atoms with Gasteiger partial charge in [-0.15, -0.1) is 0 Å². The molecular formula is C20H20N2O2. The van der Waals surface area contributed by atoms with Crippen LogP contribution in [0.5, 0.6) is 11.5 Å². The van der Waals surface area contributed by atoms with Crippen molar-refractivity contribution < 1.29 is 10.2 Å². The van der Waals surface area contributed by atoms with Crippen molar-refractivity contribution in [1.82, 2.24) is 5.32 Å². The lowest BCUT2D eigenvalue weighted by molar-refractivity contribution is 0.319. The standard InChI is InChI=1S/C20H20N2O2/c21-20(12-13-5-6-14-3-1-2-4-15(14)9-13)17-11-19(24)18(23)10-16(17)7-8-22-20/h1-6,9-11,22-24H,7-8,12,21H2. The zero-order valence-electron chi connectivity index (χ0n) is 13.3. The SMILES string of the molecule is NC1(Cc2ccc3ccccc3c2)NCCc2cc(O)c(O)cc21. The lowest BCUT2D eigenvalue weighted by Gasteiger charge is -2.37.